The van der Waals surface area contributed by atoms with Crippen LogP contribution in [0.2, 0.25) is 0 Å². The molecular weight excluding hydrogens is 718 g/mol. The van der Waals surface area contributed by atoms with Crippen molar-refractivity contribution in [2.45, 2.75) is 30.5 Å². The van der Waals surface area contributed by atoms with Gasteiger partial charge in [-0.25, -0.2) is 0 Å². The Labute approximate surface area is 253 Å². The number of aliphatic hydroxyl groups excluding tert-OH is 10. The van der Waals surface area contributed by atoms with Gasteiger partial charge in [-0.05, 0) is 0 Å². The molecule has 0 saturated carbocycles. The molecule has 0 aliphatic rings. The summed E-state index contributed by atoms with van der Waals surface area (Å²) in [5.74, 6) is -8.25. The standard InChI is InChI=1S/5C3H6O4.Hf.Na.H2O/c5*4-1-2(5)3(6)7;;;/h5*2,4-5H,1H2,(H,6,7);;;1H2/q;;;;;+4;+1;/p-5. The van der Waals surface area contributed by atoms with Crippen molar-refractivity contribution in [2.24, 2.45) is 0 Å². The van der Waals surface area contributed by atoms with Gasteiger partial charge in [0, 0.05) is 0 Å². The Morgan fingerprint density at radius 1 is 0.421 bits per heavy atom. The molecular formula is C15H27HfNaO21. The zero-order chi connectivity index (χ0) is 29.3. The maximum Gasteiger partial charge on any atom is 4.00 e. The van der Waals surface area contributed by atoms with Crippen molar-refractivity contribution in [1.29, 1.82) is 0 Å². The van der Waals surface area contributed by atoms with Gasteiger partial charge in [-0.2, -0.15) is 0 Å². The zero-order valence-electron chi connectivity index (χ0n) is 19.5. The topological polar surface area (TPSA) is 434 Å². The number of carboxylic acids is 5. The van der Waals surface area contributed by atoms with E-state index in [9.17, 15) is 49.5 Å². The molecule has 38 heavy (non-hydrogen) atoms. The molecule has 0 aromatic heterocycles. The molecule has 0 fully saturated rings. The van der Waals surface area contributed by atoms with Crippen LogP contribution in [0.1, 0.15) is 0 Å². The number of carbonyl (C=O) groups is 5. The van der Waals surface area contributed by atoms with E-state index in [1.54, 1.807) is 0 Å². The number of rotatable bonds is 10. The molecule has 23 heteroatoms. The number of hydrogen-bond donors (Lipinski definition) is 10. The van der Waals surface area contributed by atoms with Crippen LogP contribution in [0.15, 0.2) is 0 Å². The molecule has 0 aromatic rings. The van der Waals surface area contributed by atoms with E-state index in [0.717, 1.165) is 0 Å². The van der Waals surface area contributed by atoms with Crippen LogP contribution in [-0.2, 0) is 49.8 Å². The summed E-state index contributed by atoms with van der Waals surface area (Å²) in [6.45, 7) is -3.95. The molecule has 0 amide bonds. The first-order valence-corrected chi connectivity index (χ1v) is 8.40. The Bertz CT molecular complexity index is 477. The Kier molecular flexibility index (Phi) is 56.7. The molecule has 5 atom stereocenters. The monoisotopic (exact) mass is 746 g/mol. The van der Waals surface area contributed by atoms with Crippen molar-refractivity contribution >= 4 is 29.8 Å². The number of carboxylic acid groups (broad SMARTS) is 5. The van der Waals surface area contributed by atoms with Crippen molar-refractivity contribution < 1.29 is 161 Å². The Morgan fingerprint density at radius 2 is 0.500 bits per heavy atom. The predicted octanol–water partition coefficient (Wildman–Crippen LogP) is -18.4. The molecule has 21 nitrogen and oxygen atoms in total. The second kappa shape index (κ2) is 37.9. The fraction of sp³-hybridized carbons (Fsp3) is 0.667. The minimum atomic E-state index is -1.74. The first-order valence-electron chi connectivity index (χ1n) is 8.40. The summed E-state index contributed by atoms with van der Waals surface area (Å²) >= 11 is 0. The van der Waals surface area contributed by atoms with Crippen LogP contribution in [0.5, 0.6) is 0 Å². The Balaban J connectivity index is -0.0000000484. The Hall–Kier alpha value is -1.22. The van der Waals surface area contributed by atoms with E-state index in [1.807, 2.05) is 0 Å². The quantitative estimate of drug-likeness (QED) is 0.0928. The summed E-state index contributed by atoms with van der Waals surface area (Å²) in [6, 6.07) is 0. The van der Waals surface area contributed by atoms with Crippen molar-refractivity contribution in [3.63, 3.8) is 0 Å². The van der Waals surface area contributed by atoms with E-state index in [0.29, 0.717) is 0 Å². The second-order valence-corrected chi connectivity index (χ2v) is 5.09. The van der Waals surface area contributed by atoms with Crippen LogP contribution in [0.3, 0.4) is 0 Å². The van der Waals surface area contributed by atoms with E-state index >= 15 is 0 Å². The predicted molar refractivity (Wildman–Crippen MR) is 94.1 cm³/mol. The van der Waals surface area contributed by atoms with Crippen LogP contribution in [0.25, 0.3) is 0 Å². The molecule has 0 spiro atoms. The van der Waals surface area contributed by atoms with Gasteiger partial charge in [0.15, 0.2) is 0 Å². The van der Waals surface area contributed by atoms with Gasteiger partial charge in [-0.15, -0.1) is 0 Å². The van der Waals surface area contributed by atoms with Gasteiger partial charge in [-0.3, -0.25) is 0 Å². The summed E-state index contributed by atoms with van der Waals surface area (Å²) < 4.78 is 0. The maximum absolute atomic E-state index is 9.41. The average Bonchev–Trinajstić information content (AvgIpc) is 2.82. The smallest absolute Gasteiger partial charge is 0.547 e. The van der Waals surface area contributed by atoms with Gasteiger partial charge < -0.3 is 106 Å². The van der Waals surface area contributed by atoms with Crippen LogP contribution >= 0.6 is 0 Å². The van der Waals surface area contributed by atoms with Gasteiger partial charge >= 0.3 is 55.4 Å². The van der Waals surface area contributed by atoms with Crippen LogP contribution in [0, 0.1) is 0 Å². The first-order chi connectivity index (χ1) is 15.9. The second-order valence-electron chi connectivity index (χ2n) is 5.09. The number of hydrogen-bond acceptors (Lipinski definition) is 20. The Morgan fingerprint density at radius 3 is 0.500 bits per heavy atom. The van der Waals surface area contributed by atoms with E-state index < -0.39 is 93.4 Å². The first kappa shape index (κ1) is 56.8. The SMILES string of the molecule is O.O=C([O-])C(O)CO.O=C([O-])C(O)CO.O=C([O-])C(O)CO.O=C([O-])C(O)CO.O=C([O-])C(O)CO.[Hf+4].[Na+]. The van der Waals surface area contributed by atoms with E-state index in [2.05, 4.69) is 0 Å². The van der Waals surface area contributed by atoms with Crippen LogP contribution < -0.4 is 55.1 Å². The molecule has 218 valence electrons. The van der Waals surface area contributed by atoms with Crippen molar-refractivity contribution in [2.75, 3.05) is 33.0 Å². The minimum Gasteiger partial charge on any atom is -0.547 e. The molecule has 5 unspecified atom stereocenters. The van der Waals surface area contributed by atoms with Crippen molar-refractivity contribution in [3.05, 3.63) is 0 Å². The van der Waals surface area contributed by atoms with Crippen LogP contribution in [0.4, 0.5) is 0 Å². The summed E-state index contributed by atoms with van der Waals surface area (Å²) in [4.78, 5) is 47.0. The molecule has 0 heterocycles. The third-order valence-electron chi connectivity index (χ3n) is 2.23. The summed E-state index contributed by atoms with van der Waals surface area (Å²) in [7, 11) is 0. The van der Waals surface area contributed by atoms with Crippen molar-refractivity contribution in [1.82, 2.24) is 0 Å². The zero-order valence-corrected chi connectivity index (χ0v) is 25.1. The summed E-state index contributed by atoms with van der Waals surface area (Å²) in [6.07, 6.45) is -8.68. The molecule has 0 rings (SSSR count). The number of aliphatic carboxylic acids is 5. The van der Waals surface area contributed by atoms with E-state index in [4.69, 9.17) is 51.1 Å². The third-order valence-corrected chi connectivity index (χ3v) is 2.23. The molecule has 0 aromatic carbocycles. The fourth-order valence-corrected chi connectivity index (χ4v) is 0.373. The number of aliphatic hydroxyl groups is 10. The third kappa shape index (κ3) is 47.9. The molecule has 0 radical (unpaired) electrons. The van der Waals surface area contributed by atoms with Gasteiger partial charge in [0.25, 0.3) is 0 Å². The molecule has 0 saturated heterocycles. The van der Waals surface area contributed by atoms with Gasteiger partial charge in [-0.1, -0.05) is 0 Å². The fourth-order valence-electron chi connectivity index (χ4n) is 0.373. The largest absolute Gasteiger partial charge is 4.00 e. The maximum atomic E-state index is 9.41. The van der Waals surface area contributed by atoms with E-state index in [1.165, 1.54) is 0 Å². The molecule has 0 aliphatic heterocycles. The molecule has 12 N–H and O–H groups in total. The van der Waals surface area contributed by atoms with Crippen LogP contribution in [-0.4, -0.2) is 150 Å². The summed E-state index contributed by atoms with van der Waals surface area (Å²) in [5.41, 5.74) is 0. The number of carbonyl (C=O) groups excluding carboxylic acids is 5. The molecule has 0 bridgehead atoms. The normalized spacial score (nSPS) is 12.4. The van der Waals surface area contributed by atoms with Crippen molar-refractivity contribution in [3.8, 4) is 0 Å². The van der Waals surface area contributed by atoms with Gasteiger partial charge in [0.1, 0.15) is 30.5 Å². The van der Waals surface area contributed by atoms with E-state index in [-0.39, 0.29) is 60.9 Å². The summed E-state index contributed by atoms with van der Waals surface area (Å²) in [5, 5.41) is 126. The minimum absolute atomic E-state index is 0. The molecule has 0 aliphatic carbocycles. The van der Waals surface area contributed by atoms with Gasteiger partial charge in [0.05, 0.1) is 62.9 Å². The van der Waals surface area contributed by atoms with Gasteiger partial charge in [0.2, 0.25) is 0 Å². The average molecular weight is 745 g/mol.